The number of amides is 1. The van der Waals surface area contributed by atoms with Crippen molar-refractivity contribution in [3.63, 3.8) is 0 Å². The second-order valence-electron chi connectivity index (χ2n) is 7.84. The van der Waals surface area contributed by atoms with Crippen molar-refractivity contribution in [2.75, 3.05) is 6.54 Å². The molecule has 1 amide bonds. The minimum atomic E-state index is -0.692. The fourth-order valence-corrected chi connectivity index (χ4v) is 3.05. The molecule has 2 atom stereocenters. The third kappa shape index (κ3) is 4.48. The first-order valence-electron chi connectivity index (χ1n) is 8.38. The van der Waals surface area contributed by atoms with Crippen molar-refractivity contribution in [3.8, 4) is 0 Å². The second kappa shape index (κ2) is 6.72. The van der Waals surface area contributed by atoms with Crippen molar-refractivity contribution in [2.45, 2.75) is 71.6 Å². The van der Waals surface area contributed by atoms with Gasteiger partial charge in [-0.3, -0.25) is 9.58 Å². The standard InChI is InChI=1S/C17H30N4O3/c1-12-14(10-18-8-13-9-19-20(7)11-13)21(17(5,6)23-12)15(22)24-16(2,3)4/h9,11-12,14,18H,8,10H2,1-7H3/t12-,14+/m1/s1. The quantitative estimate of drug-likeness (QED) is 0.912. The summed E-state index contributed by atoms with van der Waals surface area (Å²) in [5.41, 5.74) is -0.123. The Labute approximate surface area is 144 Å². The van der Waals surface area contributed by atoms with Gasteiger partial charge in [-0.25, -0.2) is 4.79 Å². The average Bonchev–Trinajstić information content (AvgIpc) is 2.88. The fraction of sp³-hybridized carbons (Fsp3) is 0.765. The van der Waals surface area contributed by atoms with Crippen LogP contribution >= 0.6 is 0 Å². The molecule has 0 aliphatic carbocycles. The molecule has 24 heavy (non-hydrogen) atoms. The third-order valence-corrected chi connectivity index (χ3v) is 3.96. The van der Waals surface area contributed by atoms with Crippen LogP contribution in [0.2, 0.25) is 0 Å². The summed E-state index contributed by atoms with van der Waals surface area (Å²) in [4.78, 5) is 14.4. The molecule has 0 radical (unpaired) electrons. The van der Waals surface area contributed by atoms with Gasteiger partial charge >= 0.3 is 6.09 Å². The summed E-state index contributed by atoms with van der Waals surface area (Å²) in [6, 6.07) is -0.0912. The Morgan fingerprint density at radius 1 is 1.46 bits per heavy atom. The number of hydrogen-bond donors (Lipinski definition) is 1. The molecule has 1 N–H and O–H groups in total. The Balaban J connectivity index is 2.03. The Morgan fingerprint density at radius 2 is 2.12 bits per heavy atom. The van der Waals surface area contributed by atoms with E-state index in [1.165, 1.54) is 0 Å². The molecule has 2 rings (SSSR count). The van der Waals surface area contributed by atoms with E-state index in [0.29, 0.717) is 13.1 Å². The number of rotatable bonds is 4. The van der Waals surface area contributed by atoms with E-state index in [4.69, 9.17) is 9.47 Å². The second-order valence-corrected chi connectivity index (χ2v) is 7.84. The van der Waals surface area contributed by atoms with Gasteiger partial charge in [0, 0.05) is 31.9 Å². The SMILES string of the molecule is C[C@H]1OC(C)(C)N(C(=O)OC(C)(C)C)[C@H]1CNCc1cnn(C)c1. The van der Waals surface area contributed by atoms with Crippen LogP contribution in [0.25, 0.3) is 0 Å². The summed E-state index contributed by atoms with van der Waals surface area (Å²) in [6.07, 6.45) is 3.38. The maximum atomic E-state index is 12.7. The molecule has 7 heteroatoms. The summed E-state index contributed by atoms with van der Waals surface area (Å²) in [6.45, 7) is 12.7. The Kier molecular flexibility index (Phi) is 5.25. The molecule has 0 aromatic carbocycles. The van der Waals surface area contributed by atoms with Gasteiger partial charge in [-0.2, -0.15) is 5.10 Å². The van der Waals surface area contributed by atoms with Gasteiger partial charge in [-0.05, 0) is 41.5 Å². The topological polar surface area (TPSA) is 68.6 Å². The highest BCUT2D eigenvalue weighted by molar-refractivity contribution is 5.70. The van der Waals surface area contributed by atoms with Crippen LogP contribution in [0.15, 0.2) is 12.4 Å². The van der Waals surface area contributed by atoms with Gasteiger partial charge in [0.25, 0.3) is 0 Å². The van der Waals surface area contributed by atoms with Crippen molar-refractivity contribution >= 4 is 6.09 Å². The van der Waals surface area contributed by atoms with Crippen LogP contribution in [0.3, 0.4) is 0 Å². The van der Waals surface area contributed by atoms with Crippen LogP contribution in [-0.4, -0.2) is 50.8 Å². The number of nitrogens with one attached hydrogen (secondary N) is 1. The number of nitrogens with zero attached hydrogens (tertiary/aromatic N) is 3. The third-order valence-electron chi connectivity index (χ3n) is 3.96. The molecule has 1 saturated heterocycles. The van der Waals surface area contributed by atoms with E-state index in [-0.39, 0.29) is 18.2 Å². The van der Waals surface area contributed by atoms with Gasteiger partial charge < -0.3 is 14.8 Å². The lowest BCUT2D eigenvalue weighted by atomic mass is 10.1. The van der Waals surface area contributed by atoms with E-state index >= 15 is 0 Å². The molecule has 7 nitrogen and oxygen atoms in total. The summed E-state index contributed by atoms with van der Waals surface area (Å²) < 4.78 is 13.3. The first-order valence-corrected chi connectivity index (χ1v) is 8.38. The zero-order chi connectivity index (χ0) is 18.1. The molecule has 2 heterocycles. The van der Waals surface area contributed by atoms with Gasteiger partial charge in [0.2, 0.25) is 0 Å². The Morgan fingerprint density at radius 3 is 2.67 bits per heavy atom. The van der Waals surface area contributed by atoms with Gasteiger partial charge in [0.05, 0.1) is 18.3 Å². The van der Waals surface area contributed by atoms with E-state index < -0.39 is 11.3 Å². The van der Waals surface area contributed by atoms with Gasteiger partial charge in [0.1, 0.15) is 11.3 Å². The normalized spacial score (nSPS) is 23.5. The van der Waals surface area contributed by atoms with E-state index in [1.54, 1.807) is 9.58 Å². The summed E-state index contributed by atoms with van der Waals surface area (Å²) >= 11 is 0. The van der Waals surface area contributed by atoms with Crippen molar-refractivity contribution < 1.29 is 14.3 Å². The van der Waals surface area contributed by atoms with Crippen LogP contribution in [0.5, 0.6) is 0 Å². The minimum absolute atomic E-state index is 0.0751. The highest BCUT2D eigenvalue weighted by Gasteiger charge is 2.49. The number of carbonyl (C=O) groups is 1. The van der Waals surface area contributed by atoms with E-state index in [0.717, 1.165) is 5.56 Å². The van der Waals surface area contributed by atoms with Gasteiger partial charge in [0.15, 0.2) is 0 Å². The molecular weight excluding hydrogens is 308 g/mol. The number of ether oxygens (including phenoxy) is 2. The molecule has 1 fully saturated rings. The summed E-state index contributed by atoms with van der Waals surface area (Å²) in [5.74, 6) is 0. The monoisotopic (exact) mass is 338 g/mol. The fourth-order valence-electron chi connectivity index (χ4n) is 3.05. The van der Waals surface area contributed by atoms with Crippen LogP contribution in [0.4, 0.5) is 4.79 Å². The largest absolute Gasteiger partial charge is 0.444 e. The van der Waals surface area contributed by atoms with Gasteiger partial charge in [-0.15, -0.1) is 0 Å². The summed E-state index contributed by atoms with van der Waals surface area (Å²) in [5, 5.41) is 7.55. The van der Waals surface area contributed by atoms with Crippen molar-refractivity contribution in [2.24, 2.45) is 7.05 Å². The Bertz CT molecular complexity index is 577. The first-order chi connectivity index (χ1) is 11.0. The van der Waals surface area contributed by atoms with Crippen molar-refractivity contribution in [3.05, 3.63) is 18.0 Å². The van der Waals surface area contributed by atoms with Crippen LogP contribution in [0, 0.1) is 0 Å². The number of carbonyl (C=O) groups excluding carboxylic acids is 1. The van der Waals surface area contributed by atoms with E-state index in [2.05, 4.69) is 10.4 Å². The minimum Gasteiger partial charge on any atom is -0.444 e. The van der Waals surface area contributed by atoms with Crippen molar-refractivity contribution in [1.82, 2.24) is 20.0 Å². The zero-order valence-electron chi connectivity index (χ0n) is 15.8. The highest BCUT2D eigenvalue weighted by atomic mass is 16.6. The molecule has 0 unspecified atom stereocenters. The molecular formula is C17H30N4O3. The zero-order valence-corrected chi connectivity index (χ0v) is 15.8. The molecule has 136 valence electrons. The molecule has 1 aromatic heterocycles. The lowest BCUT2D eigenvalue weighted by Gasteiger charge is -2.35. The smallest absolute Gasteiger partial charge is 0.412 e. The molecule has 1 aliphatic heterocycles. The lowest BCUT2D eigenvalue weighted by molar-refractivity contribution is -0.0756. The maximum absolute atomic E-state index is 12.7. The van der Waals surface area contributed by atoms with Crippen LogP contribution < -0.4 is 5.32 Å². The predicted molar refractivity (Wildman–Crippen MR) is 91.4 cm³/mol. The summed E-state index contributed by atoms with van der Waals surface area (Å²) in [7, 11) is 1.89. The molecule has 1 aliphatic rings. The average molecular weight is 338 g/mol. The van der Waals surface area contributed by atoms with Crippen LogP contribution in [0.1, 0.15) is 47.1 Å². The Hall–Kier alpha value is -1.60. The molecule has 0 bridgehead atoms. The number of aryl methyl sites for hydroxylation is 1. The lowest BCUT2D eigenvalue weighted by Crippen LogP contribution is -2.53. The number of hydrogen-bond acceptors (Lipinski definition) is 5. The van der Waals surface area contributed by atoms with E-state index in [1.807, 2.05) is 61.0 Å². The molecule has 0 saturated carbocycles. The van der Waals surface area contributed by atoms with Crippen LogP contribution in [-0.2, 0) is 23.1 Å². The molecule has 0 spiro atoms. The molecule has 1 aromatic rings. The van der Waals surface area contributed by atoms with E-state index in [9.17, 15) is 4.79 Å². The highest BCUT2D eigenvalue weighted by Crippen LogP contribution is 2.33. The van der Waals surface area contributed by atoms with Gasteiger partial charge in [-0.1, -0.05) is 0 Å². The maximum Gasteiger partial charge on any atom is 0.412 e. The number of aromatic nitrogens is 2. The van der Waals surface area contributed by atoms with Crippen molar-refractivity contribution in [1.29, 1.82) is 0 Å². The first kappa shape index (κ1) is 18.7. The predicted octanol–water partition coefficient (Wildman–Crippen LogP) is 2.27.